The van der Waals surface area contributed by atoms with Crippen LogP contribution in [0.5, 0.6) is 0 Å². The van der Waals surface area contributed by atoms with Gasteiger partial charge in [-0.25, -0.2) is 4.79 Å². The van der Waals surface area contributed by atoms with Crippen molar-refractivity contribution in [2.75, 3.05) is 13.1 Å². The average molecular weight is 294 g/mol. The van der Waals surface area contributed by atoms with Gasteiger partial charge in [0.1, 0.15) is 5.54 Å². The number of carbonyl (C=O) groups excluding carboxylic acids is 3. The molecule has 2 heterocycles. The molecule has 1 aliphatic carbocycles. The predicted octanol–water partition coefficient (Wildman–Crippen LogP) is -0.295. The summed E-state index contributed by atoms with van der Waals surface area (Å²) in [6, 6.07) is -0.566. The van der Waals surface area contributed by atoms with Crippen LogP contribution in [0.25, 0.3) is 0 Å². The Morgan fingerprint density at radius 1 is 1.24 bits per heavy atom. The van der Waals surface area contributed by atoms with Crippen molar-refractivity contribution in [2.24, 2.45) is 11.7 Å². The quantitative estimate of drug-likeness (QED) is 0.456. The van der Waals surface area contributed by atoms with Crippen molar-refractivity contribution in [3.8, 4) is 0 Å². The van der Waals surface area contributed by atoms with E-state index in [9.17, 15) is 14.4 Å². The third-order valence-electron chi connectivity index (χ3n) is 4.98. The molecule has 1 saturated carbocycles. The maximum Gasteiger partial charge on any atom is 0.322 e. The van der Waals surface area contributed by atoms with E-state index in [1.165, 1.54) is 0 Å². The van der Waals surface area contributed by atoms with E-state index in [4.69, 9.17) is 5.73 Å². The van der Waals surface area contributed by atoms with E-state index in [0.29, 0.717) is 13.0 Å². The first-order chi connectivity index (χ1) is 10.0. The number of amides is 4. The number of rotatable bonds is 1. The van der Waals surface area contributed by atoms with Crippen LogP contribution in [0.3, 0.4) is 0 Å². The van der Waals surface area contributed by atoms with E-state index < -0.39 is 11.6 Å². The number of imide groups is 1. The van der Waals surface area contributed by atoms with E-state index in [0.717, 1.165) is 32.1 Å². The topological polar surface area (TPSA) is 105 Å². The summed E-state index contributed by atoms with van der Waals surface area (Å²) in [6.45, 7) is 0.752. The van der Waals surface area contributed by atoms with Crippen molar-refractivity contribution in [1.82, 2.24) is 15.5 Å². The zero-order chi connectivity index (χ0) is 15.0. The SMILES string of the molecule is NC1CCCCCC1C(=O)N1CCC2(C1)NC(=O)NC2=O. The van der Waals surface area contributed by atoms with Crippen LogP contribution in [0.2, 0.25) is 0 Å². The second kappa shape index (κ2) is 5.29. The first kappa shape index (κ1) is 14.3. The number of hydrogen-bond acceptors (Lipinski definition) is 4. The summed E-state index contributed by atoms with van der Waals surface area (Å²) in [5, 5.41) is 4.92. The fourth-order valence-corrected chi connectivity index (χ4v) is 3.69. The van der Waals surface area contributed by atoms with Crippen LogP contribution in [0.1, 0.15) is 38.5 Å². The first-order valence-corrected chi connectivity index (χ1v) is 7.70. The lowest BCUT2D eigenvalue weighted by molar-refractivity contribution is -0.135. The zero-order valence-electron chi connectivity index (χ0n) is 12.1. The number of urea groups is 1. The summed E-state index contributed by atoms with van der Waals surface area (Å²) in [6.07, 6.45) is 5.40. The third-order valence-corrected chi connectivity index (χ3v) is 4.98. The summed E-state index contributed by atoms with van der Waals surface area (Å²) in [5.74, 6) is -0.439. The lowest BCUT2D eigenvalue weighted by Crippen LogP contribution is -2.51. The molecule has 0 radical (unpaired) electrons. The summed E-state index contributed by atoms with van der Waals surface area (Å²) >= 11 is 0. The van der Waals surface area contributed by atoms with Gasteiger partial charge in [0.2, 0.25) is 5.91 Å². The summed E-state index contributed by atoms with van der Waals surface area (Å²) < 4.78 is 0. The fraction of sp³-hybridized carbons (Fsp3) is 0.786. The molecule has 116 valence electrons. The molecule has 0 bridgehead atoms. The monoisotopic (exact) mass is 294 g/mol. The van der Waals surface area contributed by atoms with Crippen molar-refractivity contribution < 1.29 is 14.4 Å². The Labute approximate surface area is 123 Å². The lowest BCUT2D eigenvalue weighted by Gasteiger charge is -2.27. The molecule has 3 fully saturated rings. The highest BCUT2D eigenvalue weighted by Crippen LogP contribution is 2.29. The van der Waals surface area contributed by atoms with Gasteiger partial charge in [0.15, 0.2) is 0 Å². The summed E-state index contributed by atoms with van der Waals surface area (Å²) in [5.41, 5.74) is 5.22. The van der Waals surface area contributed by atoms with Crippen molar-refractivity contribution in [1.29, 1.82) is 0 Å². The second-order valence-corrected chi connectivity index (χ2v) is 6.41. The van der Waals surface area contributed by atoms with E-state index in [2.05, 4.69) is 10.6 Å². The van der Waals surface area contributed by atoms with Crippen LogP contribution >= 0.6 is 0 Å². The molecule has 3 atom stereocenters. The molecule has 0 aromatic rings. The average Bonchev–Trinajstić information content (AvgIpc) is 2.89. The Balaban J connectivity index is 1.69. The molecule has 4 N–H and O–H groups in total. The number of nitrogens with one attached hydrogen (secondary N) is 2. The van der Waals surface area contributed by atoms with Crippen molar-refractivity contribution in [2.45, 2.75) is 50.1 Å². The largest absolute Gasteiger partial charge is 0.339 e. The molecule has 3 unspecified atom stereocenters. The molecule has 7 nitrogen and oxygen atoms in total. The van der Waals surface area contributed by atoms with Crippen molar-refractivity contribution in [3.63, 3.8) is 0 Å². The molecule has 0 aromatic carbocycles. The van der Waals surface area contributed by atoms with Crippen LogP contribution < -0.4 is 16.4 Å². The van der Waals surface area contributed by atoms with Gasteiger partial charge in [-0.2, -0.15) is 0 Å². The highest BCUT2D eigenvalue weighted by Gasteiger charge is 2.52. The Morgan fingerprint density at radius 3 is 2.71 bits per heavy atom. The second-order valence-electron chi connectivity index (χ2n) is 6.41. The Bertz CT molecular complexity index is 481. The molecule has 4 amide bonds. The number of nitrogens with two attached hydrogens (primary N) is 1. The van der Waals surface area contributed by atoms with E-state index in [1.54, 1.807) is 4.90 Å². The fourth-order valence-electron chi connectivity index (χ4n) is 3.69. The normalized spacial score (nSPS) is 36.5. The van der Waals surface area contributed by atoms with E-state index in [1.807, 2.05) is 0 Å². The summed E-state index contributed by atoms with van der Waals surface area (Å²) in [4.78, 5) is 37.6. The molecular formula is C14H22N4O3. The molecule has 0 aromatic heterocycles. The molecule has 3 rings (SSSR count). The lowest BCUT2D eigenvalue weighted by atomic mass is 9.94. The van der Waals surface area contributed by atoms with Gasteiger partial charge in [-0.1, -0.05) is 19.3 Å². The molecule has 2 saturated heterocycles. The molecule has 2 aliphatic heterocycles. The van der Waals surface area contributed by atoms with Crippen LogP contribution in [0.15, 0.2) is 0 Å². The van der Waals surface area contributed by atoms with Gasteiger partial charge >= 0.3 is 6.03 Å². The maximum atomic E-state index is 12.7. The van der Waals surface area contributed by atoms with Gasteiger partial charge in [-0.3, -0.25) is 14.9 Å². The standard InChI is InChI=1S/C14H22N4O3/c15-10-5-3-1-2-4-9(10)11(19)18-7-6-14(8-18)12(20)16-13(21)17-14/h9-10H,1-8,15H2,(H2,16,17,20,21). The minimum absolute atomic E-state index is 0.0372. The highest BCUT2D eigenvalue weighted by atomic mass is 16.2. The van der Waals surface area contributed by atoms with Crippen LogP contribution in [0, 0.1) is 5.92 Å². The van der Waals surface area contributed by atoms with Crippen LogP contribution in [0.4, 0.5) is 4.79 Å². The van der Waals surface area contributed by atoms with E-state index in [-0.39, 0.29) is 30.3 Å². The smallest absolute Gasteiger partial charge is 0.322 e. The molecule has 21 heavy (non-hydrogen) atoms. The van der Waals surface area contributed by atoms with Gasteiger partial charge in [0.25, 0.3) is 5.91 Å². The molecular weight excluding hydrogens is 272 g/mol. The van der Waals surface area contributed by atoms with Crippen molar-refractivity contribution >= 4 is 17.8 Å². The van der Waals surface area contributed by atoms with Crippen LogP contribution in [-0.4, -0.2) is 47.4 Å². The minimum atomic E-state index is -0.929. The number of carbonyl (C=O) groups is 3. The maximum absolute atomic E-state index is 12.7. The zero-order valence-corrected chi connectivity index (χ0v) is 12.1. The Kier molecular flexibility index (Phi) is 3.61. The third kappa shape index (κ3) is 2.50. The van der Waals surface area contributed by atoms with Gasteiger partial charge < -0.3 is 16.0 Å². The highest BCUT2D eigenvalue weighted by molar-refractivity contribution is 6.07. The molecule has 1 spiro atoms. The van der Waals surface area contributed by atoms with Crippen LogP contribution in [-0.2, 0) is 9.59 Å². The Morgan fingerprint density at radius 2 is 2.00 bits per heavy atom. The number of likely N-dealkylation sites (tertiary alicyclic amines) is 1. The van der Waals surface area contributed by atoms with Crippen molar-refractivity contribution in [3.05, 3.63) is 0 Å². The van der Waals surface area contributed by atoms with Gasteiger partial charge in [-0.15, -0.1) is 0 Å². The number of hydrogen-bond donors (Lipinski definition) is 3. The minimum Gasteiger partial charge on any atom is -0.339 e. The number of nitrogens with zero attached hydrogens (tertiary/aromatic N) is 1. The van der Waals surface area contributed by atoms with Gasteiger partial charge in [0, 0.05) is 12.6 Å². The summed E-state index contributed by atoms with van der Waals surface area (Å²) in [7, 11) is 0. The Hall–Kier alpha value is -1.63. The molecule has 7 heteroatoms. The van der Waals surface area contributed by atoms with Gasteiger partial charge in [0.05, 0.1) is 12.5 Å². The first-order valence-electron chi connectivity index (χ1n) is 7.70. The predicted molar refractivity (Wildman–Crippen MR) is 75.2 cm³/mol. The van der Waals surface area contributed by atoms with Gasteiger partial charge in [-0.05, 0) is 19.3 Å². The van der Waals surface area contributed by atoms with E-state index >= 15 is 0 Å². The molecule has 3 aliphatic rings.